The molecule has 6 heteroatoms. The normalized spacial score (nSPS) is 10.7. The van der Waals surface area contributed by atoms with Gasteiger partial charge in [0.05, 0.1) is 18.9 Å². The highest BCUT2D eigenvalue weighted by molar-refractivity contribution is 9.10. The monoisotopic (exact) mass is 238 g/mol. The van der Waals surface area contributed by atoms with E-state index >= 15 is 0 Å². The van der Waals surface area contributed by atoms with Crippen molar-refractivity contribution >= 4 is 15.9 Å². The average Bonchev–Trinajstić information content (AvgIpc) is 1.97. The fourth-order valence-corrected chi connectivity index (χ4v) is 1.16. The summed E-state index contributed by atoms with van der Waals surface area (Å²) >= 11 is 2.94. The Morgan fingerprint density at radius 2 is 2.25 bits per heavy atom. The van der Waals surface area contributed by atoms with E-state index < -0.39 is 18.5 Å². The molecule has 1 rings (SSSR count). The molecule has 1 aromatic rings. The molecule has 0 aliphatic rings. The zero-order valence-electron chi connectivity index (χ0n) is 5.88. The van der Waals surface area contributed by atoms with Crippen LogP contribution in [0.5, 0.6) is 0 Å². The van der Waals surface area contributed by atoms with E-state index in [1.165, 1.54) is 6.20 Å². The maximum absolute atomic E-state index is 11.9. The lowest BCUT2D eigenvalue weighted by molar-refractivity contribution is 0.124. The van der Waals surface area contributed by atoms with Gasteiger partial charge in [-0.3, -0.25) is 14.3 Å². The molecule has 0 bridgehead atoms. The first-order chi connectivity index (χ1) is 5.61. The predicted octanol–water partition coefficient (Wildman–Crippen LogP) is 1.27. The third kappa shape index (κ3) is 2.10. The Bertz CT molecular complexity index is 326. The lowest BCUT2D eigenvalue weighted by Gasteiger charge is -2.05. The van der Waals surface area contributed by atoms with E-state index in [-0.39, 0.29) is 4.60 Å². The molecule has 1 aromatic heterocycles. The summed E-state index contributed by atoms with van der Waals surface area (Å²) in [5.74, 6) is 0. The molecule has 0 fully saturated rings. The lowest BCUT2D eigenvalue weighted by atomic mass is 10.6. The van der Waals surface area contributed by atoms with Crippen LogP contribution in [0, 0.1) is 0 Å². The molecule has 0 N–H and O–H groups in total. The summed E-state index contributed by atoms with van der Waals surface area (Å²) in [5, 5.41) is 0. The third-order valence-electron chi connectivity index (χ3n) is 1.21. The molecular weight excluding hydrogens is 234 g/mol. The molecule has 0 aromatic carbocycles. The largest absolute Gasteiger partial charge is 0.294 e. The van der Waals surface area contributed by atoms with Crippen molar-refractivity contribution in [2.75, 3.05) is 0 Å². The molecular formula is C6H5BrF2N2O. The number of hydrogen-bond acceptors (Lipinski definition) is 2. The van der Waals surface area contributed by atoms with Crippen LogP contribution in [0.2, 0.25) is 0 Å². The number of nitrogens with zero attached hydrogens (tertiary/aromatic N) is 2. The summed E-state index contributed by atoms with van der Waals surface area (Å²) < 4.78 is 24.9. The van der Waals surface area contributed by atoms with Crippen LogP contribution in [0.4, 0.5) is 8.78 Å². The summed E-state index contributed by atoms with van der Waals surface area (Å²) in [6.45, 7) is -0.609. The van der Waals surface area contributed by atoms with E-state index in [1.807, 2.05) is 0 Å². The molecule has 0 amide bonds. The molecule has 3 nitrogen and oxygen atoms in total. The van der Waals surface area contributed by atoms with E-state index in [0.717, 1.165) is 10.8 Å². The Labute approximate surface area is 75.2 Å². The molecule has 0 atom stereocenters. The highest BCUT2D eigenvalue weighted by atomic mass is 79.9. The SMILES string of the molecule is O=c1cncc(Br)n1CC(F)F. The smallest absolute Gasteiger partial charge is 0.270 e. The molecule has 0 saturated heterocycles. The van der Waals surface area contributed by atoms with Crippen LogP contribution < -0.4 is 5.56 Å². The quantitative estimate of drug-likeness (QED) is 0.778. The molecule has 12 heavy (non-hydrogen) atoms. The Hall–Kier alpha value is -0.780. The second-order valence-corrected chi connectivity index (χ2v) is 2.88. The van der Waals surface area contributed by atoms with Crippen molar-refractivity contribution in [2.24, 2.45) is 0 Å². The van der Waals surface area contributed by atoms with Gasteiger partial charge < -0.3 is 0 Å². The maximum atomic E-state index is 11.9. The molecule has 0 aliphatic carbocycles. The zero-order valence-corrected chi connectivity index (χ0v) is 7.46. The minimum Gasteiger partial charge on any atom is -0.294 e. The lowest BCUT2D eigenvalue weighted by Crippen LogP contribution is -2.23. The van der Waals surface area contributed by atoms with E-state index in [4.69, 9.17) is 0 Å². The summed E-state index contributed by atoms with van der Waals surface area (Å²) in [4.78, 5) is 14.4. The van der Waals surface area contributed by atoms with Crippen molar-refractivity contribution in [2.45, 2.75) is 13.0 Å². The van der Waals surface area contributed by atoms with Gasteiger partial charge in [-0.05, 0) is 15.9 Å². The van der Waals surface area contributed by atoms with Crippen LogP contribution in [0.15, 0.2) is 21.8 Å². The average molecular weight is 239 g/mol. The van der Waals surface area contributed by atoms with Crippen LogP contribution in [-0.4, -0.2) is 16.0 Å². The third-order valence-corrected chi connectivity index (χ3v) is 1.84. The number of halogens is 3. The summed E-state index contributed by atoms with van der Waals surface area (Å²) in [6, 6.07) is 0. The highest BCUT2D eigenvalue weighted by Crippen LogP contribution is 2.06. The Morgan fingerprint density at radius 3 is 2.75 bits per heavy atom. The number of aromatic nitrogens is 2. The summed E-state index contributed by atoms with van der Waals surface area (Å²) in [7, 11) is 0. The highest BCUT2D eigenvalue weighted by Gasteiger charge is 2.07. The van der Waals surface area contributed by atoms with Gasteiger partial charge in [0, 0.05) is 0 Å². The summed E-state index contributed by atoms with van der Waals surface area (Å²) in [6.07, 6.45) is -0.252. The van der Waals surface area contributed by atoms with Gasteiger partial charge in [0.25, 0.3) is 12.0 Å². The topological polar surface area (TPSA) is 34.9 Å². The van der Waals surface area contributed by atoms with E-state index in [0.29, 0.717) is 0 Å². The second-order valence-electron chi connectivity index (χ2n) is 2.07. The van der Waals surface area contributed by atoms with Crippen molar-refractivity contribution in [3.05, 3.63) is 27.4 Å². The van der Waals surface area contributed by atoms with Gasteiger partial charge in [0.2, 0.25) is 0 Å². The zero-order chi connectivity index (χ0) is 9.14. The van der Waals surface area contributed by atoms with Crippen molar-refractivity contribution in [1.82, 2.24) is 9.55 Å². The maximum Gasteiger partial charge on any atom is 0.270 e. The number of alkyl halides is 2. The second kappa shape index (κ2) is 3.75. The van der Waals surface area contributed by atoms with Crippen LogP contribution in [0.25, 0.3) is 0 Å². The molecule has 0 spiro atoms. The molecule has 0 radical (unpaired) electrons. The standard InChI is InChI=1S/C6H5BrF2N2O/c7-4-1-10-2-6(12)11(4)3-5(8)9/h1-2,5H,3H2. The first-order valence-electron chi connectivity index (χ1n) is 3.09. The minimum atomic E-state index is -2.54. The van der Waals surface area contributed by atoms with Gasteiger partial charge in [-0.25, -0.2) is 8.78 Å². The van der Waals surface area contributed by atoms with Gasteiger partial charge in [0.15, 0.2) is 0 Å². The predicted molar refractivity (Wildman–Crippen MR) is 42.2 cm³/mol. The van der Waals surface area contributed by atoms with Crippen LogP contribution >= 0.6 is 15.9 Å². The van der Waals surface area contributed by atoms with Crippen molar-refractivity contribution in [1.29, 1.82) is 0 Å². The van der Waals surface area contributed by atoms with Gasteiger partial charge in [0.1, 0.15) is 4.60 Å². The first-order valence-corrected chi connectivity index (χ1v) is 3.89. The van der Waals surface area contributed by atoms with E-state index in [1.54, 1.807) is 0 Å². The van der Waals surface area contributed by atoms with Crippen LogP contribution in [-0.2, 0) is 6.54 Å². The Morgan fingerprint density at radius 1 is 1.58 bits per heavy atom. The molecule has 0 saturated carbocycles. The number of hydrogen-bond donors (Lipinski definition) is 0. The van der Waals surface area contributed by atoms with Crippen molar-refractivity contribution < 1.29 is 8.78 Å². The van der Waals surface area contributed by atoms with Crippen LogP contribution in [0.3, 0.4) is 0 Å². The molecule has 0 unspecified atom stereocenters. The fourth-order valence-electron chi connectivity index (χ4n) is 0.722. The van der Waals surface area contributed by atoms with Gasteiger partial charge >= 0.3 is 0 Å². The van der Waals surface area contributed by atoms with Crippen molar-refractivity contribution in [3.63, 3.8) is 0 Å². The van der Waals surface area contributed by atoms with E-state index in [9.17, 15) is 13.6 Å². The summed E-state index contributed by atoms with van der Waals surface area (Å²) in [5.41, 5.74) is -0.537. The molecule has 0 aliphatic heterocycles. The fraction of sp³-hybridized carbons (Fsp3) is 0.333. The Balaban J connectivity index is 3.05. The van der Waals surface area contributed by atoms with Gasteiger partial charge in [-0.2, -0.15) is 0 Å². The minimum absolute atomic E-state index is 0.260. The Kier molecular flexibility index (Phi) is 2.91. The first kappa shape index (κ1) is 9.31. The van der Waals surface area contributed by atoms with Gasteiger partial charge in [-0.1, -0.05) is 0 Å². The van der Waals surface area contributed by atoms with E-state index in [2.05, 4.69) is 20.9 Å². The molecule has 1 heterocycles. The molecule has 66 valence electrons. The number of rotatable bonds is 2. The van der Waals surface area contributed by atoms with Crippen molar-refractivity contribution in [3.8, 4) is 0 Å². The van der Waals surface area contributed by atoms with Crippen LogP contribution in [0.1, 0.15) is 0 Å². The van der Waals surface area contributed by atoms with Gasteiger partial charge in [-0.15, -0.1) is 0 Å².